The van der Waals surface area contributed by atoms with Crippen LogP contribution in [0, 0.1) is 10.1 Å². The Morgan fingerprint density at radius 1 is 0.839 bits per heavy atom. The Balaban J connectivity index is 1.68. The van der Waals surface area contributed by atoms with Gasteiger partial charge in [-0.1, -0.05) is 63.2 Å². The molecule has 31 heavy (non-hydrogen) atoms. The molecule has 5 aromatic rings. The molecule has 5 heteroatoms. The summed E-state index contributed by atoms with van der Waals surface area (Å²) in [5, 5.41) is 18.4. The molecule has 0 saturated heterocycles. The van der Waals surface area contributed by atoms with Crippen molar-refractivity contribution in [2.24, 2.45) is 0 Å². The second-order valence-electron chi connectivity index (χ2n) is 8.86. The summed E-state index contributed by atoms with van der Waals surface area (Å²) in [6.07, 6.45) is 0. The molecule has 0 radical (unpaired) electrons. The van der Waals surface area contributed by atoms with E-state index in [0.29, 0.717) is 0 Å². The minimum atomic E-state index is -0.374. The van der Waals surface area contributed by atoms with Crippen molar-refractivity contribution in [1.29, 1.82) is 0 Å². The van der Waals surface area contributed by atoms with E-state index >= 15 is 0 Å². The van der Waals surface area contributed by atoms with Gasteiger partial charge < -0.3 is 4.72 Å². The monoisotopic (exact) mass is 426 g/mol. The molecule has 0 fully saturated rings. The molecule has 0 aromatic heterocycles. The molecule has 5 rings (SSSR count). The molecule has 1 N–H and O–H groups in total. The van der Waals surface area contributed by atoms with Crippen LogP contribution in [0.5, 0.6) is 0 Å². The summed E-state index contributed by atoms with van der Waals surface area (Å²) < 4.78 is 3.59. The van der Waals surface area contributed by atoms with Gasteiger partial charge in [-0.2, -0.15) is 0 Å². The SMILES string of the molecule is CC(C)(C)c1cc2ccc3cccc4ccc(c1NSc1ccc([N+](=O)[O-])cc1)c2c34. The first-order valence-corrected chi connectivity index (χ1v) is 11.0. The van der Waals surface area contributed by atoms with Gasteiger partial charge in [-0.15, -0.1) is 0 Å². The van der Waals surface area contributed by atoms with E-state index in [0.717, 1.165) is 10.6 Å². The Labute approximate surface area is 184 Å². The lowest BCUT2D eigenvalue weighted by Gasteiger charge is -2.26. The van der Waals surface area contributed by atoms with Crippen molar-refractivity contribution in [2.45, 2.75) is 31.1 Å². The largest absolute Gasteiger partial charge is 0.325 e. The third kappa shape index (κ3) is 3.35. The van der Waals surface area contributed by atoms with Gasteiger partial charge in [-0.05, 0) is 68.1 Å². The lowest BCUT2D eigenvalue weighted by Crippen LogP contribution is -2.14. The van der Waals surface area contributed by atoms with Crippen molar-refractivity contribution in [3.8, 4) is 0 Å². The zero-order valence-electron chi connectivity index (χ0n) is 17.6. The predicted molar refractivity (Wildman–Crippen MR) is 131 cm³/mol. The van der Waals surface area contributed by atoms with Gasteiger partial charge in [-0.25, -0.2) is 0 Å². The highest BCUT2D eigenvalue weighted by Gasteiger charge is 2.22. The zero-order chi connectivity index (χ0) is 21.8. The van der Waals surface area contributed by atoms with E-state index in [4.69, 9.17) is 0 Å². The second-order valence-corrected chi connectivity index (χ2v) is 9.74. The molecule has 0 unspecified atom stereocenters. The van der Waals surface area contributed by atoms with Crippen LogP contribution in [0.15, 0.2) is 77.7 Å². The van der Waals surface area contributed by atoms with Gasteiger partial charge in [0.1, 0.15) is 0 Å². The number of hydrogen-bond donors (Lipinski definition) is 1. The van der Waals surface area contributed by atoms with Gasteiger partial charge >= 0.3 is 0 Å². The van der Waals surface area contributed by atoms with Gasteiger partial charge in [0.05, 0.1) is 10.6 Å². The Bertz CT molecular complexity index is 1420. The number of nitro groups is 1. The van der Waals surface area contributed by atoms with Crippen LogP contribution < -0.4 is 4.72 Å². The van der Waals surface area contributed by atoms with E-state index in [9.17, 15) is 10.1 Å². The van der Waals surface area contributed by atoms with Gasteiger partial charge in [0.25, 0.3) is 5.69 Å². The van der Waals surface area contributed by atoms with Crippen molar-refractivity contribution < 1.29 is 4.92 Å². The van der Waals surface area contributed by atoms with Gasteiger partial charge in [0.2, 0.25) is 0 Å². The van der Waals surface area contributed by atoms with E-state index in [2.05, 4.69) is 74.0 Å². The topological polar surface area (TPSA) is 55.2 Å². The first-order chi connectivity index (χ1) is 14.8. The van der Waals surface area contributed by atoms with Crippen LogP contribution in [-0.2, 0) is 5.41 Å². The van der Waals surface area contributed by atoms with E-state index in [1.54, 1.807) is 24.3 Å². The Morgan fingerprint density at radius 3 is 2.13 bits per heavy atom. The highest BCUT2D eigenvalue weighted by Crippen LogP contribution is 2.44. The Hall–Kier alpha value is -3.31. The molecule has 0 heterocycles. The molecule has 0 aliphatic carbocycles. The smallest absolute Gasteiger partial charge is 0.269 e. The van der Waals surface area contributed by atoms with Gasteiger partial charge in [0, 0.05) is 22.4 Å². The van der Waals surface area contributed by atoms with Gasteiger partial charge in [0.15, 0.2) is 0 Å². The molecule has 4 nitrogen and oxygen atoms in total. The highest BCUT2D eigenvalue weighted by atomic mass is 32.2. The van der Waals surface area contributed by atoms with Crippen molar-refractivity contribution in [3.63, 3.8) is 0 Å². The first-order valence-electron chi connectivity index (χ1n) is 10.2. The molecular weight excluding hydrogens is 404 g/mol. The number of nitro benzene ring substituents is 1. The third-order valence-corrected chi connectivity index (χ3v) is 6.59. The average molecular weight is 427 g/mol. The number of non-ortho nitro benzene ring substituents is 1. The summed E-state index contributed by atoms with van der Waals surface area (Å²) in [6, 6.07) is 24.2. The van der Waals surface area contributed by atoms with Crippen molar-refractivity contribution in [3.05, 3.63) is 88.5 Å². The maximum Gasteiger partial charge on any atom is 0.269 e. The lowest BCUT2D eigenvalue weighted by molar-refractivity contribution is -0.384. The maximum atomic E-state index is 10.9. The van der Waals surface area contributed by atoms with Crippen LogP contribution in [-0.4, -0.2) is 4.92 Å². The van der Waals surface area contributed by atoms with E-state index in [1.165, 1.54) is 49.8 Å². The van der Waals surface area contributed by atoms with Crippen molar-refractivity contribution in [1.82, 2.24) is 0 Å². The van der Waals surface area contributed by atoms with Crippen LogP contribution in [0.1, 0.15) is 26.3 Å². The van der Waals surface area contributed by atoms with Crippen LogP contribution >= 0.6 is 11.9 Å². The minimum Gasteiger partial charge on any atom is -0.325 e. The fourth-order valence-corrected chi connectivity index (χ4v) is 4.97. The van der Waals surface area contributed by atoms with E-state index in [1.807, 2.05) is 0 Å². The van der Waals surface area contributed by atoms with Crippen LogP contribution in [0.4, 0.5) is 11.4 Å². The normalized spacial score (nSPS) is 12.1. The summed E-state index contributed by atoms with van der Waals surface area (Å²) in [4.78, 5) is 11.5. The quantitative estimate of drug-likeness (QED) is 0.137. The second kappa shape index (κ2) is 7.13. The number of hydrogen-bond acceptors (Lipinski definition) is 4. The van der Waals surface area contributed by atoms with Crippen LogP contribution in [0.2, 0.25) is 0 Å². The highest BCUT2D eigenvalue weighted by molar-refractivity contribution is 8.00. The molecule has 0 saturated carbocycles. The molecule has 154 valence electrons. The summed E-state index contributed by atoms with van der Waals surface area (Å²) in [6.45, 7) is 6.67. The van der Waals surface area contributed by atoms with Crippen molar-refractivity contribution in [2.75, 3.05) is 4.72 Å². The predicted octanol–water partition coefficient (Wildman–Crippen LogP) is 7.91. The standard InChI is InChI=1S/C26H22N2O2S/c1-26(2,3)22-15-18-8-7-16-5-4-6-17-9-14-21(24(18)23(16)17)25(22)27-31-20-12-10-19(11-13-20)28(29)30/h4-15,27H,1-3H3. The zero-order valence-corrected chi connectivity index (χ0v) is 18.4. The molecule has 0 aliphatic rings. The maximum absolute atomic E-state index is 10.9. The first kappa shape index (κ1) is 19.6. The number of benzene rings is 5. The molecule has 0 aliphatic heterocycles. The lowest BCUT2D eigenvalue weighted by atomic mass is 9.82. The average Bonchev–Trinajstić information content (AvgIpc) is 2.75. The molecule has 5 aromatic carbocycles. The van der Waals surface area contributed by atoms with Crippen molar-refractivity contribution >= 4 is 55.6 Å². The fraction of sp³-hybridized carbons (Fsp3) is 0.154. The Morgan fingerprint density at radius 2 is 1.48 bits per heavy atom. The minimum absolute atomic E-state index is 0.0528. The molecule has 0 atom stereocenters. The fourth-order valence-electron chi connectivity index (χ4n) is 4.26. The summed E-state index contributed by atoms with van der Waals surface area (Å²) >= 11 is 1.48. The number of rotatable bonds is 4. The molecule has 0 bridgehead atoms. The van der Waals surface area contributed by atoms with E-state index in [-0.39, 0.29) is 16.0 Å². The summed E-state index contributed by atoms with van der Waals surface area (Å²) in [7, 11) is 0. The molecule has 0 spiro atoms. The molecule has 0 amide bonds. The number of nitrogens with one attached hydrogen (secondary N) is 1. The molecular formula is C26H22N2O2S. The third-order valence-electron chi connectivity index (χ3n) is 5.77. The summed E-state index contributed by atoms with van der Waals surface area (Å²) in [5.74, 6) is 0. The Kier molecular flexibility index (Phi) is 4.52. The van der Waals surface area contributed by atoms with E-state index < -0.39 is 0 Å². The van der Waals surface area contributed by atoms with Crippen LogP contribution in [0.3, 0.4) is 0 Å². The number of anilines is 1. The number of nitrogens with zero attached hydrogens (tertiary/aromatic N) is 1. The van der Waals surface area contributed by atoms with Gasteiger partial charge in [-0.3, -0.25) is 10.1 Å². The summed E-state index contributed by atoms with van der Waals surface area (Å²) in [5.41, 5.74) is 2.39. The van der Waals surface area contributed by atoms with Crippen LogP contribution in [0.25, 0.3) is 32.3 Å².